The summed E-state index contributed by atoms with van der Waals surface area (Å²) in [5, 5.41) is 13.9. The van der Waals surface area contributed by atoms with Gasteiger partial charge in [-0.05, 0) is 17.5 Å². The molecule has 0 aliphatic rings. The van der Waals surface area contributed by atoms with Gasteiger partial charge >= 0.3 is 12.0 Å². The van der Waals surface area contributed by atoms with E-state index in [9.17, 15) is 9.59 Å². The second-order valence-electron chi connectivity index (χ2n) is 4.30. The fraction of sp³-hybridized carbons (Fsp3) is 0.429. The van der Waals surface area contributed by atoms with Crippen molar-refractivity contribution in [3.8, 4) is 0 Å². The first-order chi connectivity index (χ1) is 9.56. The predicted octanol–water partition coefficient (Wildman–Crippen LogP) is 1.15. The molecule has 0 aromatic heterocycles. The molecule has 0 saturated carbocycles. The summed E-state index contributed by atoms with van der Waals surface area (Å²) in [4.78, 5) is 22.2. The van der Waals surface area contributed by atoms with Gasteiger partial charge in [0.2, 0.25) is 0 Å². The number of ether oxygens (including phenoxy) is 1. The van der Waals surface area contributed by atoms with Gasteiger partial charge in [-0.25, -0.2) is 9.59 Å². The molecule has 0 fully saturated rings. The second-order valence-corrected chi connectivity index (χ2v) is 4.30. The monoisotopic (exact) mass is 280 g/mol. The fourth-order valence-corrected chi connectivity index (χ4v) is 1.59. The van der Waals surface area contributed by atoms with Gasteiger partial charge in [-0.2, -0.15) is 0 Å². The van der Waals surface area contributed by atoms with Crippen molar-refractivity contribution >= 4 is 12.0 Å². The van der Waals surface area contributed by atoms with Crippen LogP contribution in [0, 0.1) is 0 Å². The third-order valence-corrected chi connectivity index (χ3v) is 2.89. The number of aryl methyl sites for hydroxylation is 1. The molecule has 1 unspecified atom stereocenters. The van der Waals surface area contributed by atoms with Crippen LogP contribution in [0.15, 0.2) is 24.3 Å². The Morgan fingerprint density at radius 1 is 1.20 bits per heavy atom. The van der Waals surface area contributed by atoms with E-state index in [1.165, 1.54) is 12.7 Å². The van der Waals surface area contributed by atoms with E-state index in [0.29, 0.717) is 6.54 Å². The van der Waals surface area contributed by atoms with E-state index in [1.54, 1.807) is 0 Å². The molecule has 1 aromatic carbocycles. The summed E-state index contributed by atoms with van der Waals surface area (Å²) in [6.07, 6.45) is -0.0634. The summed E-state index contributed by atoms with van der Waals surface area (Å²) < 4.78 is 4.71. The van der Waals surface area contributed by atoms with Gasteiger partial charge in [-0.1, -0.05) is 31.2 Å². The number of carbonyl (C=O) groups excluding carboxylic acids is 1. The Hall–Kier alpha value is -2.08. The number of nitrogens with one attached hydrogen (secondary N) is 2. The first-order valence-electron chi connectivity index (χ1n) is 6.42. The van der Waals surface area contributed by atoms with Crippen LogP contribution < -0.4 is 10.6 Å². The molecule has 0 aliphatic heterocycles. The van der Waals surface area contributed by atoms with Crippen LogP contribution in [-0.4, -0.2) is 36.9 Å². The van der Waals surface area contributed by atoms with Crippen molar-refractivity contribution in [2.75, 3.05) is 13.7 Å². The highest BCUT2D eigenvalue weighted by Crippen LogP contribution is 2.04. The molecule has 6 heteroatoms. The molecule has 3 N–H and O–H groups in total. The minimum Gasteiger partial charge on any atom is -0.479 e. The van der Waals surface area contributed by atoms with Crippen molar-refractivity contribution < 1.29 is 19.4 Å². The number of hydrogen-bond donors (Lipinski definition) is 3. The van der Waals surface area contributed by atoms with Gasteiger partial charge in [0.05, 0.1) is 6.54 Å². The highest BCUT2D eigenvalue weighted by Gasteiger charge is 2.16. The van der Waals surface area contributed by atoms with Crippen molar-refractivity contribution in [3.05, 3.63) is 35.4 Å². The Bertz CT molecular complexity index is 445. The number of methoxy groups -OCH3 is 1. The van der Waals surface area contributed by atoms with Crippen LogP contribution in [0.3, 0.4) is 0 Å². The van der Waals surface area contributed by atoms with Crippen molar-refractivity contribution in [1.29, 1.82) is 0 Å². The van der Waals surface area contributed by atoms with Crippen molar-refractivity contribution in [1.82, 2.24) is 10.6 Å². The maximum absolute atomic E-state index is 11.5. The Morgan fingerprint density at radius 2 is 1.80 bits per heavy atom. The fourth-order valence-electron chi connectivity index (χ4n) is 1.59. The zero-order chi connectivity index (χ0) is 15.0. The summed E-state index contributed by atoms with van der Waals surface area (Å²) in [6.45, 7) is 2.39. The zero-order valence-electron chi connectivity index (χ0n) is 11.7. The Morgan fingerprint density at radius 3 is 2.30 bits per heavy atom. The molecule has 0 spiro atoms. The van der Waals surface area contributed by atoms with Crippen LogP contribution in [-0.2, 0) is 22.5 Å². The van der Waals surface area contributed by atoms with Gasteiger partial charge in [-0.15, -0.1) is 0 Å². The number of rotatable bonds is 7. The lowest BCUT2D eigenvalue weighted by Crippen LogP contribution is -2.42. The molecule has 110 valence electrons. The van der Waals surface area contributed by atoms with Gasteiger partial charge in [-0.3, -0.25) is 0 Å². The van der Waals surface area contributed by atoms with E-state index in [0.717, 1.165) is 12.0 Å². The summed E-state index contributed by atoms with van der Waals surface area (Å²) in [7, 11) is 1.29. The van der Waals surface area contributed by atoms with Crippen LogP contribution >= 0.6 is 0 Å². The van der Waals surface area contributed by atoms with Gasteiger partial charge in [0, 0.05) is 13.7 Å². The topological polar surface area (TPSA) is 87.7 Å². The third kappa shape index (κ3) is 5.27. The smallest absolute Gasteiger partial charge is 0.334 e. The normalized spacial score (nSPS) is 11.7. The van der Waals surface area contributed by atoms with E-state index in [4.69, 9.17) is 9.84 Å². The van der Waals surface area contributed by atoms with E-state index in [-0.39, 0.29) is 6.54 Å². The number of amides is 2. The van der Waals surface area contributed by atoms with Crippen LogP contribution in [0.5, 0.6) is 0 Å². The summed E-state index contributed by atoms with van der Waals surface area (Å²) >= 11 is 0. The van der Waals surface area contributed by atoms with E-state index in [1.807, 2.05) is 24.3 Å². The molecule has 0 heterocycles. The molecule has 1 atom stereocenters. The number of aliphatic carboxylic acids is 1. The minimum absolute atomic E-state index is 0.0769. The van der Waals surface area contributed by atoms with E-state index >= 15 is 0 Å². The number of urea groups is 1. The Kier molecular flexibility index (Phi) is 6.52. The van der Waals surface area contributed by atoms with Gasteiger partial charge in [0.1, 0.15) is 0 Å². The lowest BCUT2D eigenvalue weighted by molar-refractivity contribution is -0.147. The van der Waals surface area contributed by atoms with Gasteiger partial charge in [0.15, 0.2) is 6.10 Å². The summed E-state index contributed by atoms with van der Waals surface area (Å²) in [6, 6.07) is 7.51. The van der Waals surface area contributed by atoms with Gasteiger partial charge in [0.25, 0.3) is 0 Å². The number of carbonyl (C=O) groups is 2. The Labute approximate surface area is 118 Å². The number of benzene rings is 1. The Balaban J connectivity index is 2.33. The molecule has 6 nitrogen and oxygen atoms in total. The third-order valence-electron chi connectivity index (χ3n) is 2.89. The van der Waals surface area contributed by atoms with Gasteiger partial charge < -0.3 is 20.5 Å². The van der Waals surface area contributed by atoms with Crippen LogP contribution in [0.25, 0.3) is 0 Å². The average Bonchev–Trinajstić information content (AvgIpc) is 2.46. The molecule has 2 amide bonds. The van der Waals surface area contributed by atoms with Crippen molar-refractivity contribution in [2.45, 2.75) is 26.0 Å². The minimum atomic E-state index is -1.11. The average molecular weight is 280 g/mol. The summed E-state index contributed by atoms with van der Waals surface area (Å²) in [5.74, 6) is -1.11. The molecule has 20 heavy (non-hydrogen) atoms. The lowest BCUT2D eigenvalue weighted by Gasteiger charge is -2.12. The predicted molar refractivity (Wildman–Crippen MR) is 74.5 cm³/mol. The van der Waals surface area contributed by atoms with E-state index < -0.39 is 18.1 Å². The van der Waals surface area contributed by atoms with Crippen LogP contribution in [0.4, 0.5) is 4.79 Å². The standard InChI is InChI=1S/C14H20N2O4/c1-3-10-4-6-11(7-5-10)8-15-14(19)16-9-12(20-2)13(17)18/h4-7,12H,3,8-9H2,1-2H3,(H,17,18)(H2,15,16,19). The first-order valence-corrected chi connectivity index (χ1v) is 6.42. The SMILES string of the molecule is CCc1ccc(CNC(=O)NCC(OC)C(=O)O)cc1. The number of carboxylic acid groups (broad SMARTS) is 1. The number of carboxylic acids is 1. The van der Waals surface area contributed by atoms with E-state index in [2.05, 4.69) is 17.6 Å². The molecular formula is C14H20N2O4. The molecule has 1 aromatic rings. The molecule has 1 rings (SSSR count). The molecule has 0 bridgehead atoms. The second kappa shape index (κ2) is 8.16. The lowest BCUT2D eigenvalue weighted by atomic mass is 10.1. The highest BCUT2D eigenvalue weighted by molar-refractivity contribution is 5.76. The largest absolute Gasteiger partial charge is 0.479 e. The highest BCUT2D eigenvalue weighted by atomic mass is 16.5. The van der Waals surface area contributed by atoms with Crippen molar-refractivity contribution in [2.24, 2.45) is 0 Å². The molecule has 0 radical (unpaired) electrons. The first kappa shape index (κ1) is 16.0. The number of hydrogen-bond acceptors (Lipinski definition) is 3. The maximum atomic E-state index is 11.5. The van der Waals surface area contributed by atoms with Crippen molar-refractivity contribution in [3.63, 3.8) is 0 Å². The van der Waals surface area contributed by atoms with Crippen LogP contribution in [0.1, 0.15) is 18.1 Å². The quantitative estimate of drug-likeness (QED) is 0.699. The molecule has 0 saturated heterocycles. The zero-order valence-corrected chi connectivity index (χ0v) is 11.7. The molecular weight excluding hydrogens is 260 g/mol. The summed E-state index contributed by atoms with van der Waals surface area (Å²) in [5.41, 5.74) is 2.22. The maximum Gasteiger partial charge on any atom is 0.334 e. The molecule has 0 aliphatic carbocycles. The van der Waals surface area contributed by atoms with Crippen LogP contribution in [0.2, 0.25) is 0 Å².